The first-order valence-electron chi connectivity index (χ1n) is 5.24. The van der Waals surface area contributed by atoms with Gasteiger partial charge >= 0.3 is 0 Å². The van der Waals surface area contributed by atoms with Crippen LogP contribution in [-0.4, -0.2) is 23.0 Å². The van der Waals surface area contributed by atoms with Crippen LogP contribution in [-0.2, 0) is 11.3 Å². The number of nitrogens with zero attached hydrogens (tertiary/aromatic N) is 2. The van der Waals surface area contributed by atoms with Crippen LogP contribution in [0.4, 0.5) is 0 Å². The molecule has 15 heavy (non-hydrogen) atoms. The molecular formula is C10H20N4O. The summed E-state index contributed by atoms with van der Waals surface area (Å²) in [5, 5.41) is 4.26. The smallest absolute Gasteiger partial charge is 0.0752 e. The molecule has 0 spiro atoms. The van der Waals surface area contributed by atoms with Crippen molar-refractivity contribution in [1.29, 1.82) is 0 Å². The fourth-order valence-corrected chi connectivity index (χ4v) is 1.53. The molecule has 3 N–H and O–H groups in total. The van der Waals surface area contributed by atoms with Gasteiger partial charge in [-0.1, -0.05) is 6.92 Å². The lowest BCUT2D eigenvalue weighted by Crippen LogP contribution is -2.35. The molecule has 86 valence electrons. The van der Waals surface area contributed by atoms with Crippen molar-refractivity contribution in [3.8, 4) is 0 Å². The Morgan fingerprint density at radius 1 is 1.67 bits per heavy atom. The summed E-state index contributed by atoms with van der Waals surface area (Å²) in [4.78, 5) is 0. The van der Waals surface area contributed by atoms with E-state index in [1.165, 1.54) is 0 Å². The maximum Gasteiger partial charge on any atom is 0.0752 e. The van der Waals surface area contributed by atoms with Crippen LogP contribution in [0.25, 0.3) is 0 Å². The normalized spacial score (nSPS) is 15.2. The van der Waals surface area contributed by atoms with Crippen molar-refractivity contribution in [2.24, 2.45) is 5.84 Å². The molecular weight excluding hydrogens is 192 g/mol. The van der Waals surface area contributed by atoms with Crippen LogP contribution >= 0.6 is 0 Å². The molecule has 0 radical (unpaired) electrons. The Kier molecular flexibility index (Phi) is 4.74. The average Bonchev–Trinajstić information content (AvgIpc) is 2.68. The lowest BCUT2D eigenvalue weighted by molar-refractivity contribution is 0.0830. The molecule has 0 amide bonds. The second kappa shape index (κ2) is 5.85. The number of aryl methyl sites for hydroxylation is 1. The minimum Gasteiger partial charge on any atom is -0.380 e. The first-order chi connectivity index (χ1) is 7.22. The van der Waals surface area contributed by atoms with E-state index < -0.39 is 0 Å². The quantitative estimate of drug-likeness (QED) is 0.541. The van der Waals surface area contributed by atoms with E-state index in [0.717, 1.165) is 18.5 Å². The highest BCUT2D eigenvalue weighted by atomic mass is 16.5. The predicted octanol–water partition coefficient (Wildman–Crippen LogP) is 0.832. The highest BCUT2D eigenvalue weighted by Crippen LogP contribution is 2.17. The number of methoxy groups -OCH3 is 1. The molecule has 5 heteroatoms. The molecule has 1 aromatic rings. The molecule has 1 rings (SSSR count). The summed E-state index contributed by atoms with van der Waals surface area (Å²) in [6, 6.07) is -0.0133. The predicted molar refractivity (Wildman–Crippen MR) is 59.1 cm³/mol. The zero-order chi connectivity index (χ0) is 11.3. The maximum absolute atomic E-state index is 5.50. The zero-order valence-electron chi connectivity index (χ0n) is 9.60. The summed E-state index contributed by atoms with van der Waals surface area (Å²) in [5.74, 6) is 5.50. The van der Waals surface area contributed by atoms with Gasteiger partial charge in [-0.3, -0.25) is 16.0 Å². The van der Waals surface area contributed by atoms with Crippen LogP contribution in [0.3, 0.4) is 0 Å². The molecule has 2 atom stereocenters. The van der Waals surface area contributed by atoms with Crippen molar-refractivity contribution in [3.63, 3.8) is 0 Å². The van der Waals surface area contributed by atoms with E-state index in [2.05, 4.69) is 17.4 Å². The van der Waals surface area contributed by atoms with Crippen LogP contribution in [0.1, 0.15) is 31.9 Å². The minimum absolute atomic E-state index is 0.0133. The monoisotopic (exact) mass is 212 g/mol. The Morgan fingerprint density at radius 2 is 2.40 bits per heavy atom. The van der Waals surface area contributed by atoms with Gasteiger partial charge in [0.15, 0.2) is 0 Å². The van der Waals surface area contributed by atoms with Crippen LogP contribution in [0.15, 0.2) is 12.4 Å². The highest BCUT2D eigenvalue weighted by Gasteiger charge is 2.18. The van der Waals surface area contributed by atoms with Crippen LogP contribution in [0.5, 0.6) is 0 Å². The number of hydrogen-bond donors (Lipinski definition) is 2. The van der Waals surface area contributed by atoms with Gasteiger partial charge in [0.2, 0.25) is 0 Å². The molecule has 0 fully saturated rings. The first kappa shape index (κ1) is 12.2. The second-order valence-electron chi connectivity index (χ2n) is 3.62. The third-order valence-corrected chi connectivity index (χ3v) is 2.49. The number of hydrazine groups is 1. The fraction of sp³-hybridized carbons (Fsp3) is 0.700. The zero-order valence-corrected chi connectivity index (χ0v) is 9.60. The molecule has 0 saturated heterocycles. The lowest BCUT2D eigenvalue weighted by atomic mass is 10.1. The van der Waals surface area contributed by atoms with Crippen molar-refractivity contribution < 1.29 is 4.74 Å². The Labute approximate surface area is 90.6 Å². The van der Waals surface area contributed by atoms with E-state index in [-0.39, 0.29) is 12.1 Å². The van der Waals surface area contributed by atoms with Gasteiger partial charge in [0, 0.05) is 25.4 Å². The van der Waals surface area contributed by atoms with Crippen molar-refractivity contribution in [1.82, 2.24) is 15.2 Å². The summed E-state index contributed by atoms with van der Waals surface area (Å²) in [7, 11) is 1.67. The van der Waals surface area contributed by atoms with Crippen molar-refractivity contribution in [2.45, 2.75) is 39.0 Å². The summed E-state index contributed by atoms with van der Waals surface area (Å²) in [6.45, 7) is 5.03. The van der Waals surface area contributed by atoms with Crippen LogP contribution in [0.2, 0.25) is 0 Å². The third kappa shape index (κ3) is 3.02. The fourth-order valence-electron chi connectivity index (χ4n) is 1.53. The summed E-state index contributed by atoms with van der Waals surface area (Å²) in [6.07, 6.45) is 4.93. The Morgan fingerprint density at radius 3 is 2.93 bits per heavy atom. The van der Waals surface area contributed by atoms with Gasteiger partial charge in [-0.15, -0.1) is 0 Å². The van der Waals surface area contributed by atoms with E-state index >= 15 is 0 Å². The average molecular weight is 212 g/mol. The van der Waals surface area contributed by atoms with Gasteiger partial charge in [0.25, 0.3) is 0 Å². The molecule has 5 nitrogen and oxygen atoms in total. The lowest BCUT2D eigenvalue weighted by Gasteiger charge is -2.20. The summed E-state index contributed by atoms with van der Waals surface area (Å²) >= 11 is 0. The highest BCUT2D eigenvalue weighted by molar-refractivity contribution is 5.11. The molecule has 0 aliphatic rings. The molecule has 0 aliphatic heterocycles. The van der Waals surface area contributed by atoms with Gasteiger partial charge in [0.05, 0.1) is 18.3 Å². The molecule has 1 heterocycles. The van der Waals surface area contributed by atoms with Crippen molar-refractivity contribution >= 4 is 0 Å². The number of ether oxygens (including phenoxy) is 1. The van der Waals surface area contributed by atoms with Gasteiger partial charge < -0.3 is 4.74 Å². The Bertz CT molecular complexity index is 287. The van der Waals surface area contributed by atoms with E-state index in [1.807, 2.05) is 24.0 Å². The van der Waals surface area contributed by atoms with Crippen LogP contribution < -0.4 is 11.3 Å². The Hall–Kier alpha value is -0.910. The van der Waals surface area contributed by atoms with E-state index in [9.17, 15) is 0 Å². The molecule has 0 bridgehead atoms. The number of hydrogen-bond acceptors (Lipinski definition) is 4. The van der Waals surface area contributed by atoms with E-state index in [1.54, 1.807) is 7.11 Å². The van der Waals surface area contributed by atoms with Crippen LogP contribution in [0, 0.1) is 0 Å². The molecule has 1 aromatic heterocycles. The third-order valence-electron chi connectivity index (χ3n) is 2.49. The van der Waals surface area contributed by atoms with Gasteiger partial charge in [-0.05, 0) is 13.3 Å². The molecule has 0 aromatic carbocycles. The SMILES string of the molecule is CCCn1cc(C(NN)C(C)OC)cn1. The molecule has 2 unspecified atom stereocenters. The molecule has 0 aliphatic carbocycles. The van der Waals surface area contributed by atoms with Gasteiger partial charge in [0.1, 0.15) is 0 Å². The van der Waals surface area contributed by atoms with E-state index in [4.69, 9.17) is 10.6 Å². The van der Waals surface area contributed by atoms with Crippen molar-refractivity contribution in [3.05, 3.63) is 18.0 Å². The van der Waals surface area contributed by atoms with Gasteiger partial charge in [-0.25, -0.2) is 0 Å². The maximum atomic E-state index is 5.50. The second-order valence-corrected chi connectivity index (χ2v) is 3.62. The largest absolute Gasteiger partial charge is 0.380 e. The standard InChI is InChI=1S/C10H20N4O/c1-4-5-14-7-9(6-12-14)10(13-11)8(2)15-3/h6-8,10,13H,4-5,11H2,1-3H3. The van der Waals surface area contributed by atoms with Crippen molar-refractivity contribution in [2.75, 3.05) is 7.11 Å². The molecule has 0 saturated carbocycles. The van der Waals surface area contributed by atoms with E-state index in [0.29, 0.717) is 0 Å². The number of nitrogens with two attached hydrogens (primary N) is 1. The number of nitrogens with one attached hydrogen (secondary N) is 1. The topological polar surface area (TPSA) is 65.1 Å². The Balaban J connectivity index is 2.73. The number of rotatable bonds is 6. The first-order valence-corrected chi connectivity index (χ1v) is 5.24. The summed E-state index contributed by atoms with van der Waals surface area (Å²) in [5.41, 5.74) is 3.80. The summed E-state index contributed by atoms with van der Waals surface area (Å²) < 4.78 is 7.17. The van der Waals surface area contributed by atoms with Gasteiger partial charge in [-0.2, -0.15) is 5.10 Å². The minimum atomic E-state index is -0.0133. The number of aromatic nitrogens is 2.